The van der Waals surface area contributed by atoms with Crippen LogP contribution >= 0.6 is 15.9 Å². The van der Waals surface area contributed by atoms with Gasteiger partial charge in [0.2, 0.25) is 0 Å². The molecular formula is C29H21BrN4O2. The van der Waals surface area contributed by atoms with Gasteiger partial charge in [0.05, 0.1) is 28.2 Å². The molecule has 0 amide bonds. The van der Waals surface area contributed by atoms with Gasteiger partial charge in [-0.25, -0.2) is 0 Å². The zero-order valence-electron chi connectivity index (χ0n) is 19.1. The van der Waals surface area contributed by atoms with Crippen molar-refractivity contribution in [1.29, 1.82) is 0 Å². The predicted octanol–water partition coefficient (Wildman–Crippen LogP) is 7.93. The van der Waals surface area contributed by atoms with Crippen molar-refractivity contribution in [1.82, 2.24) is 4.57 Å². The number of nitrogens with zero attached hydrogens (tertiary/aromatic N) is 3. The number of benzene rings is 4. The summed E-state index contributed by atoms with van der Waals surface area (Å²) in [6.45, 7) is 0. The molecule has 4 aromatic carbocycles. The van der Waals surface area contributed by atoms with Crippen LogP contribution in [0.1, 0.15) is 5.56 Å². The molecule has 1 N–H and O–H groups in total. The molecule has 1 aromatic heterocycles. The molecule has 1 heterocycles. The van der Waals surface area contributed by atoms with Crippen molar-refractivity contribution in [3.05, 3.63) is 135 Å². The third-order valence-electron chi connectivity index (χ3n) is 5.71. The maximum absolute atomic E-state index is 10.9. The molecule has 5 aromatic rings. The minimum Gasteiger partial charge on any atom is -0.309 e. The third-order valence-corrected chi connectivity index (χ3v) is 6.24. The van der Waals surface area contributed by atoms with E-state index in [1.807, 2.05) is 48.5 Å². The van der Waals surface area contributed by atoms with Crippen LogP contribution in [0.15, 0.2) is 125 Å². The number of nitrogens with one attached hydrogen (secondary N) is 1. The van der Waals surface area contributed by atoms with Crippen LogP contribution < -0.4 is 5.43 Å². The fraction of sp³-hybridized carbons (Fsp3) is 0. The van der Waals surface area contributed by atoms with Crippen molar-refractivity contribution < 1.29 is 4.92 Å². The average Bonchev–Trinajstić information content (AvgIpc) is 3.30. The van der Waals surface area contributed by atoms with Gasteiger partial charge in [0.15, 0.2) is 0 Å². The van der Waals surface area contributed by atoms with Crippen molar-refractivity contribution in [2.45, 2.75) is 0 Å². The Morgan fingerprint density at radius 1 is 0.806 bits per heavy atom. The lowest BCUT2D eigenvalue weighted by atomic mass is 10.1. The molecule has 0 bridgehead atoms. The van der Waals surface area contributed by atoms with Gasteiger partial charge >= 0.3 is 0 Å². The third kappa shape index (κ3) is 4.96. The van der Waals surface area contributed by atoms with E-state index in [1.54, 1.807) is 18.3 Å². The smallest absolute Gasteiger partial charge is 0.269 e. The topological polar surface area (TPSA) is 72.5 Å². The zero-order chi connectivity index (χ0) is 24.9. The lowest BCUT2D eigenvalue weighted by Gasteiger charge is -2.15. The van der Waals surface area contributed by atoms with Crippen molar-refractivity contribution in [3.8, 4) is 28.2 Å². The van der Waals surface area contributed by atoms with Gasteiger partial charge in [0.25, 0.3) is 5.69 Å². The number of halogens is 1. The lowest BCUT2D eigenvalue weighted by Crippen LogP contribution is -2.00. The Bertz CT molecular complexity index is 1510. The van der Waals surface area contributed by atoms with Crippen molar-refractivity contribution in [2.24, 2.45) is 5.10 Å². The molecule has 0 atom stereocenters. The van der Waals surface area contributed by atoms with Gasteiger partial charge in [0, 0.05) is 27.9 Å². The van der Waals surface area contributed by atoms with Crippen LogP contribution in [0.25, 0.3) is 28.2 Å². The van der Waals surface area contributed by atoms with Crippen LogP contribution in [-0.4, -0.2) is 15.7 Å². The molecule has 6 nitrogen and oxygen atoms in total. The van der Waals surface area contributed by atoms with E-state index < -0.39 is 4.92 Å². The van der Waals surface area contributed by atoms with Crippen LogP contribution in [0.4, 0.5) is 11.4 Å². The summed E-state index contributed by atoms with van der Waals surface area (Å²) in [6.07, 6.45) is 1.78. The highest BCUT2D eigenvalue weighted by Crippen LogP contribution is 2.35. The SMILES string of the molecule is O=[N+]([O-])c1ccc(N/N=C\c2cc(-c3ccccc3)n(-c3ccc(Br)cc3)c2-c2ccccc2)cc1. The first-order valence-corrected chi connectivity index (χ1v) is 12.1. The maximum atomic E-state index is 10.9. The Labute approximate surface area is 216 Å². The number of anilines is 1. The highest BCUT2D eigenvalue weighted by Gasteiger charge is 2.18. The van der Waals surface area contributed by atoms with Crippen molar-refractivity contribution in [3.63, 3.8) is 0 Å². The second-order valence-corrected chi connectivity index (χ2v) is 8.97. The van der Waals surface area contributed by atoms with Crippen LogP contribution in [0.5, 0.6) is 0 Å². The first-order chi connectivity index (χ1) is 17.6. The monoisotopic (exact) mass is 536 g/mol. The lowest BCUT2D eigenvalue weighted by molar-refractivity contribution is -0.384. The van der Waals surface area contributed by atoms with E-state index in [9.17, 15) is 10.1 Å². The number of non-ortho nitro benzene ring substituents is 1. The molecule has 176 valence electrons. The number of hydrazone groups is 1. The second-order valence-electron chi connectivity index (χ2n) is 8.05. The van der Waals surface area contributed by atoms with Gasteiger partial charge in [0.1, 0.15) is 0 Å². The summed E-state index contributed by atoms with van der Waals surface area (Å²) in [6, 6.07) is 37.0. The highest BCUT2D eigenvalue weighted by molar-refractivity contribution is 9.10. The van der Waals surface area contributed by atoms with Crippen LogP contribution in [0, 0.1) is 10.1 Å². The molecule has 0 saturated heterocycles. The normalized spacial score (nSPS) is 11.0. The number of aromatic nitrogens is 1. The first kappa shape index (κ1) is 23.3. The fourth-order valence-electron chi connectivity index (χ4n) is 4.03. The largest absolute Gasteiger partial charge is 0.309 e. The second kappa shape index (κ2) is 10.4. The molecular weight excluding hydrogens is 516 g/mol. The summed E-state index contributed by atoms with van der Waals surface area (Å²) in [4.78, 5) is 10.5. The fourth-order valence-corrected chi connectivity index (χ4v) is 4.30. The summed E-state index contributed by atoms with van der Waals surface area (Å²) in [5.41, 5.74) is 9.82. The van der Waals surface area contributed by atoms with Gasteiger partial charge in [-0.05, 0) is 53.6 Å². The molecule has 0 aliphatic carbocycles. The Hall–Kier alpha value is -4.49. The van der Waals surface area contributed by atoms with E-state index in [2.05, 4.69) is 73.5 Å². The predicted molar refractivity (Wildman–Crippen MR) is 149 cm³/mol. The van der Waals surface area contributed by atoms with E-state index in [0.717, 1.165) is 38.2 Å². The summed E-state index contributed by atoms with van der Waals surface area (Å²) >= 11 is 3.54. The summed E-state index contributed by atoms with van der Waals surface area (Å²) in [5, 5.41) is 15.4. The number of nitro groups is 1. The molecule has 7 heteroatoms. The Kier molecular flexibility index (Phi) is 6.73. The quantitative estimate of drug-likeness (QED) is 0.130. The van der Waals surface area contributed by atoms with Gasteiger partial charge in [-0.2, -0.15) is 5.10 Å². The average molecular weight is 537 g/mol. The first-order valence-electron chi connectivity index (χ1n) is 11.3. The molecule has 0 aliphatic rings. The minimum atomic E-state index is -0.421. The van der Waals surface area contributed by atoms with E-state index in [0.29, 0.717) is 5.69 Å². The number of rotatable bonds is 7. The van der Waals surface area contributed by atoms with Crippen molar-refractivity contribution in [2.75, 3.05) is 5.43 Å². The van der Waals surface area contributed by atoms with Gasteiger partial charge < -0.3 is 4.57 Å². The summed E-state index contributed by atoms with van der Waals surface area (Å²) < 4.78 is 3.25. The standard InChI is InChI=1S/C29H21BrN4O2/c30-24-11-15-26(16-12-24)33-28(21-7-3-1-4-8-21)19-23(29(33)22-9-5-2-6-10-22)20-31-32-25-13-17-27(18-14-25)34(35)36/h1-20,32H/b31-20-. The van der Waals surface area contributed by atoms with Crippen molar-refractivity contribution >= 4 is 33.5 Å². The minimum absolute atomic E-state index is 0.0370. The zero-order valence-corrected chi connectivity index (χ0v) is 20.7. The highest BCUT2D eigenvalue weighted by atomic mass is 79.9. The molecule has 36 heavy (non-hydrogen) atoms. The van der Waals surface area contributed by atoms with Crippen LogP contribution in [-0.2, 0) is 0 Å². The van der Waals surface area contributed by atoms with E-state index in [4.69, 9.17) is 0 Å². The van der Waals surface area contributed by atoms with E-state index in [1.165, 1.54) is 12.1 Å². The van der Waals surface area contributed by atoms with E-state index in [-0.39, 0.29) is 5.69 Å². The molecule has 5 rings (SSSR count). The molecule has 0 saturated carbocycles. The summed E-state index contributed by atoms with van der Waals surface area (Å²) in [7, 11) is 0. The number of nitro benzene ring substituents is 1. The number of hydrogen-bond donors (Lipinski definition) is 1. The Balaban J connectivity index is 1.63. The molecule has 0 radical (unpaired) electrons. The number of hydrogen-bond acceptors (Lipinski definition) is 4. The summed E-state index contributed by atoms with van der Waals surface area (Å²) in [5.74, 6) is 0. The molecule has 0 spiro atoms. The molecule has 0 aliphatic heterocycles. The van der Waals surface area contributed by atoms with Gasteiger partial charge in [-0.15, -0.1) is 0 Å². The van der Waals surface area contributed by atoms with Gasteiger partial charge in [-0.3, -0.25) is 15.5 Å². The molecule has 0 fully saturated rings. The van der Waals surface area contributed by atoms with Crippen LogP contribution in [0.3, 0.4) is 0 Å². The van der Waals surface area contributed by atoms with Crippen LogP contribution in [0.2, 0.25) is 0 Å². The maximum Gasteiger partial charge on any atom is 0.269 e. The Morgan fingerprint density at radius 3 is 2.03 bits per heavy atom. The Morgan fingerprint density at radius 2 is 1.42 bits per heavy atom. The van der Waals surface area contributed by atoms with E-state index >= 15 is 0 Å². The molecule has 0 unspecified atom stereocenters. The van der Waals surface area contributed by atoms with Gasteiger partial charge in [-0.1, -0.05) is 76.6 Å².